The zero-order valence-electron chi connectivity index (χ0n) is 19.7. The molecule has 9 nitrogen and oxygen atoms in total. The lowest BCUT2D eigenvalue weighted by atomic mass is 10.1. The van der Waals surface area contributed by atoms with Gasteiger partial charge in [-0.2, -0.15) is 0 Å². The van der Waals surface area contributed by atoms with Gasteiger partial charge in [-0.05, 0) is 56.7 Å². The van der Waals surface area contributed by atoms with E-state index in [2.05, 4.69) is 20.8 Å². The molecule has 0 fully saturated rings. The lowest BCUT2D eigenvalue weighted by Gasteiger charge is -2.17. The number of ether oxygens (including phenoxy) is 1. The van der Waals surface area contributed by atoms with Crippen molar-refractivity contribution < 1.29 is 19.4 Å². The Labute approximate surface area is 202 Å². The second-order valence-corrected chi connectivity index (χ2v) is 8.62. The second-order valence-electron chi connectivity index (χ2n) is 7.68. The number of carbonyl (C=O) groups excluding carboxylic acids is 2. The first-order valence-corrected chi connectivity index (χ1v) is 11.8. The van der Waals surface area contributed by atoms with E-state index in [1.54, 1.807) is 35.9 Å². The van der Waals surface area contributed by atoms with Crippen LogP contribution in [0.4, 0.5) is 5.69 Å². The molecule has 10 heteroatoms. The quantitative estimate of drug-likeness (QED) is 0.379. The summed E-state index contributed by atoms with van der Waals surface area (Å²) in [6.07, 6.45) is 0. The first-order chi connectivity index (χ1) is 16.4. The number of nitrogens with zero attached hydrogens (tertiary/aromatic N) is 3. The number of aliphatic hydroxyl groups is 1. The summed E-state index contributed by atoms with van der Waals surface area (Å²) in [6, 6.07) is 11.8. The van der Waals surface area contributed by atoms with Crippen molar-refractivity contribution >= 4 is 29.3 Å². The molecule has 0 saturated heterocycles. The molecule has 3 aromatic rings. The maximum absolute atomic E-state index is 12.7. The Morgan fingerprint density at radius 2 is 1.88 bits per heavy atom. The normalized spacial score (nSPS) is 11.7. The van der Waals surface area contributed by atoms with E-state index in [9.17, 15) is 14.7 Å². The third-order valence-corrected chi connectivity index (χ3v) is 6.17. The van der Waals surface area contributed by atoms with E-state index < -0.39 is 6.04 Å². The molecule has 0 aliphatic heterocycles. The van der Waals surface area contributed by atoms with Crippen molar-refractivity contribution in [1.82, 2.24) is 20.1 Å². The van der Waals surface area contributed by atoms with Crippen LogP contribution in [0.1, 0.15) is 40.3 Å². The minimum absolute atomic E-state index is 0.146. The Hall–Kier alpha value is -3.37. The summed E-state index contributed by atoms with van der Waals surface area (Å²) in [4.78, 5) is 25.1. The molecule has 1 atom stereocenters. The molecule has 180 valence electrons. The third-order valence-electron chi connectivity index (χ3n) is 5.20. The molecule has 0 radical (unpaired) electrons. The predicted octanol–water partition coefficient (Wildman–Crippen LogP) is 3.12. The topological polar surface area (TPSA) is 118 Å². The van der Waals surface area contributed by atoms with E-state index in [-0.39, 0.29) is 24.2 Å². The number of rotatable bonds is 10. The smallest absolute Gasteiger partial charge is 0.251 e. The highest BCUT2D eigenvalue weighted by molar-refractivity contribution is 7.99. The summed E-state index contributed by atoms with van der Waals surface area (Å²) in [7, 11) is 1.55. The molecule has 0 aliphatic carbocycles. The summed E-state index contributed by atoms with van der Waals surface area (Å²) in [5.74, 6) is 0.700. The lowest BCUT2D eigenvalue weighted by Crippen LogP contribution is -2.32. The molecule has 2 amide bonds. The number of amides is 2. The SMILES string of the molecule is CCn1c(SCC(=O)Nc2ccc(C)cc2C)nnc1[C@H](CO)NC(=O)c1ccc(OC)cc1. The number of aryl methyl sites for hydroxylation is 2. The van der Waals surface area contributed by atoms with Gasteiger partial charge in [0.2, 0.25) is 5.91 Å². The largest absolute Gasteiger partial charge is 0.497 e. The van der Waals surface area contributed by atoms with Crippen molar-refractivity contribution in [3.8, 4) is 5.75 Å². The first-order valence-electron chi connectivity index (χ1n) is 10.8. The highest BCUT2D eigenvalue weighted by Gasteiger charge is 2.23. The van der Waals surface area contributed by atoms with Crippen LogP contribution in [0, 0.1) is 13.8 Å². The van der Waals surface area contributed by atoms with Crippen LogP contribution in [0.2, 0.25) is 0 Å². The summed E-state index contributed by atoms with van der Waals surface area (Å²) in [5, 5.41) is 24.5. The Morgan fingerprint density at radius 1 is 1.15 bits per heavy atom. The molecule has 1 aromatic heterocycles. The van der Waals surface area contributed by atoms with Gasteiger partial charge in [-0.1, -0.05) is 29.5 Å². The van der Waals surface area contributed by atoms with Crippen LogP contribution in [0.5, 0.6) is 5.75 Å². The third kappa shape index (κ3) is 6.15. The molecule has 34 heavy (non-hydrogen) atoms. The summed E-state index contributed by atoms with van der Waals surface area (Å²) in [5.41, 5.74) is 3.33. The van der Waals surface area contributed by atoms with Gasteiger partial charge < -0.3 is 25.0 Å². The van der Waals surface area contributed by atoms with Crippen LogP contribution in [0.3, 0.4) is 0 Å². The van der Waals surface area contributed by atoms with Crippen LogP contribution in [0.15, 0.2) is 47.6 Å². The van der Waals surface area contributed by atoms with Gasteiger partial charge in [-0.25, -0.2) is 0 Å². The van der Waals surface area contributed by atoms with Crippen molar-refractivity contribution in [2.24, 2.45) is 0 Å². The maximum Gasteiger partial charge on any atom is 0.251 e. The van der Waals surface area contributed by atoms with Gasteiger partial charge >= 0.3 is 0 Å². The van der Waals surface area contributed by atoms with Gasteiger partial charge in [0.25, 0.3) is 5.91 Å². The van der Waals surface area contributed by atoms with E-state index in [1.807, 2.05) is 39.0 Å². The Bertz CT molecular complexity index is 1150. The maximum atomic E-state index is 12.7. The highest BCUT2D eigenvalue weighted by Crippen LogP contribution is 2.22. The number of nitrogens with one attached hydrogen (secondary N) is 2. The van der Waals surface area contributed by atoms with Gasteiger partial charge in [-0.15, -0.1) is 10.2 Å². The summed E-state index contributed by atoms with van der Waals surface area (Å²) in [6.45, 7) is 6.02. The molecule has 3 N–H and O–H groups in total. The average molecular weight is 484 g/mol. The summed E-state index contributed by atoms with van der Waals surface area (Å²) >= 11 is 1.25. The van der Waals surface area contributed by atoms with Crippen molar-refractivity contribution in [3.63, 3.8) is 0 Å². The van der Waals surface area contributed by atoms with Gasteiger partial charge in [0, 0.05) is 17.8 Å². The molecule has 3 rings (SSSR count). The van der Waals surface area contributed by atoms with Gasteiger partial charge in [0.15, 0.2) is 11.0 Å². The lowest BCUT2D eigenvalue weighted by molar-refractivity contribution is -0.113. The van der Waals surface area contributed by atoms with Crippen molar-refractivity contribution in [3.05, 3.63) is 65.0 Å². The predicted molar refractivity (Wildman–Crippen MR) is 131 cm³/mol. The van der Waals surface area contributed by atoms with Crippen LogP contribution in [-0.2, 0) is 11.3 Å². The fraction of sp³-hybridized carbons (Fsp3) is 0.333. The molecule has 0 spiro atoms. The zero-order chi connectivity index (χ0) is 24.7. The highest BCUT2D eigenvalue weighted by atomic mass is 32.2. The van der Waals surface area contributed by atoms with Crippen LogP contribution >= 0.6 is 11.8 Å². The molecule has 0 saturated carbocycles. The standard InChI is InChI=1S/C24H29N5O4S/c1-5-29-22(20(13-30)26-23(32)17-7-9-18(33-4)10-8-17)27-28-24(29)34-14-21(31)25-19-11-6-15(2)12-16(19)3/h6-12,20,30H,5,13-14H2,1-4H3,(H,25,31)(H,26,32)/t20-/m0/s1. The van der Waals surface area contributed by atoms with Gasteiger partial charge in [0.05, 0.1) is 19.5 Å². The molecular formula is C24H29N5O4S. The number of hydrogen-bond donors (Lipinski definition) is 3. The number of hydrogen-bond acceptors (Lipinski definition) is 7. The van der Waals surface area contributed by atoms with Gasteiger partial charge in [-0.3, -0.25) is 9.59 Å². The minimum Gasteiger partial charge on any atom is -0.497 e. The Kier molecular flexibility index (Phi) is 8.67. The zero-order valence-corrected chi connectivity index (χ0v) is 20.5. The molecule has 0 aliphatic rings. The van der Waals surface area contributed by atoms with Crippen LogP contribution < -0.4 is 15.4 Å². The number of aromatic nitrogens is 3. The van der Waals surface area contributed by atoms with Crippen LogP contribution in [-0.4, -0.2) is 51.2 Å². The molecular weight excluding hydrogens is 454 g/mol. The van der Waals surface area contributed by atoms with E-state index in [0.29, 0.717) is 28.8 Å². The number of thioether (sulfide) groups is 1. The first kappa shape index (κ1) is 25.3. The van der Waals surface area contributed by atoms with Crippen molar-refractivity contribution in [2.45, 2.75) is 38.5 Å². The summed E-state index contributed by atoms with van der Waals surface area (Å²) < 4.78 is 6.89. The van der Waals surface area contributed by atoms with E-state index >= 15 is 0 Å². The van der Waals surface area contributed by atoms with E-state index in [1.165, 1.54) is 11.8 Å². The molecule has 0 bridgehead atoms. The number of aliphatic hydroxyl groups excluding tert-OH is 1. The van der Waals surface area contributed by atoms with E-state index in [0.717, 1.165) is 16.8 Å². The minimum atomic E-state index is -0.750. The molecule has 2 aromatic carbocycles. The van der Waals surface area contributed by atoms with Crippen LogP contribution in [0.25, 0.3) is 0 Å². The molecule has 0 unspecified atom stereocenters. The van der Waals surface area contributed by atoms with Crippen molar-refractivity contribution in [1.29, 1.82) is 0 Å². The van der Waals surface area contributed by atoms with Crippen molar-refractivity contribution in [2.75, 3.05) is 24.8 Å². The monoisotopic (exact) mass is 483 g/mol. The number of anilines is 1. The van der Waals surface area contributed by atoms with Gasteiger partial charge in [0.1, 0.15) is 11.8 Å². The molecule has 1 heterocycles. The van der Waals surface area contributed by atoms with E-state index in [4.69, 9.17) is 4.74 Å². The second kappa shape index (κ2) is 11.7. The average Bonchev–Trinajstić information content (AvgIpc) is 3.25. The number of benzene rings is 2. The Balaban J connectivity index is 1.66. The number of methoxy groups -OCH3 is 1. The number of carbonyl (C=O) groups is 2. The Morgan fingerprint density at radius 3 is 2.50 bits per heavy atom. The fourth-order valence-electron chi connectivity index (χ4n) is 3.41. The fourth-order valence-corrected chi connectivity index (χ4v) is 4.22.